The van der Waals surface area contributed by atoms with Gasteiger partial charge in [0.05, 0.1) is 34.7 Å². The molecule has 1 amide bonds. The highest BCUT2D eigenvalue weighted by molar-refractivity contribution is 6.03. The van der Waals surface area contributed by atoms with Crippen LogP contribution in [0.4, 0.5) is 32.0 Å². The van der Waals surface area contributed by atoms with E-state index in [0.29, 0.717) is 17.3 Å². The maximum atomic E-state index is 13.5. The van der Waals surface area contributed by atoms with Gasteiger partial charge in [-0.25, -0.2) is 0 Å². The summed E-state index contributed by atoms with van der Waals surface area (Å²) in [6, 6.07) is 8.88. The molecule has 4 rings (SSSR count). The highest BCUT2D eigenvalue weighted by Crippen LogP contribution is 2.39. The first-order valence-electron chi connectivity index (χ1n) is 10.4. The van der Waals surface area contributed by atoms with Gasteiger partial charge in [-0.05, 0) is 48.9 Å². The molecule has 6 nitrogen and oxygen atoms in total. The summed E-state index contributed by atoms with van der Waals surface area (Å²) in [4.78, 5) is 20.9. The highest BCUT2D eigenvalue weighted by atomic mass is 19.4. The second-order valence-corrected chi connectivity index (χ2v) is 7.78. The van der Waals surface area contributed by atoms with Gasteiger partial charge < -0.3 is 5.32 Å². The largest absolute Gasteiger partial charge is 0.416 e. The molecule has 0 spiro atoms. The zero-order chi connectivity index (χ0) is 26.1. The van der Waals surface area contributed by atoms with E-state index in [9.17, 15) is 31.1 Å². The van der Waals surface area contributed by atoms with Gasteiger partial charge in [-0.1, -0.05) is 12.1 Å². The van der Waals surface area contributed by atoms with E-state index in [1.807, 2.05) is 0 Å². The number of benzene rings is 1. The third-order valence-electron chi connectivity index (χ3n) is 5.35. The third kappa shape index (κ3) is 5.37. The average molecular weight is 505 g/mol. The first-order chi connectivity index (χ1) is 16.9. The number of nitrogens with zero attached hydrogens (tertiary/aromatic N) is 4. The van der Waals surface area contributed by atoms with Crippen LogP contribution in [0.1, 0.15) is 40.1 Å². The molecule has 4 aromatic rings. The van der Waals surface area contributed by atoms with Gasteiger partial charge in [0, 0.05) is 24.2 Å². The fourth-order valence-electron chi connectivity index (χ4n) is 3.54. The Hall–Kier alpha value is -4.22. The van der Waals surface area contributed by atoms with E-state index >= 15 is 0 Å². The lowest BCUT2D eigenvalue weighted by Crippen LogP contribution is -2.18. The van der Waals surface area contributed by atoms with Crippen molar-refractivity contribution in [3.63, 3.8) is 0 Å². The van der Waals surface area contributed by atoms with Gasteiger partial charge in [-0.15, -0.1) is 0 Å². The molecule has 0 bridgehead atoms. The molecular weight excluding hydrogens is 488 g/mol. The number of carbonyl (C=O) groups excluding carboxylic acids is 1. The minimum atomic E-state index is -5.01. The van der Waals surface area contributed by atoms with Gasteiger partial charge in [0.1, 0.15) is 5.69 Å². The van der Waals surface area contributed by atoms with E-state index in [1.165, 1.54) is 31.6 Å². The van der Waals surface area contributed by atoms with Crippen molar-refractivity contribution in [1.82, 2.24) is 19.7 Å². The lowest BCUT2D eigenvalue weighted by molar-refractivity contribution is -0.143. The van der Waals surface area contributed by atoms with Crippen molar-refractivity contribution in [1.29, 1.82) is 0 Å². The minimum absolute atomic E-state index is 0.0704. The maximum Gasteiger partial charge on any atom is 0.416 e. The molecule has 1 unspecified atom stereocenters. The predicted molar refractivity (Wildman–Crippen MR) is 118 cm³/mol. The average Bonchev–Trinajstić information content (AvgIpc) is 3.31. The molecule has 36 heavy (non-hydrogen) atoms. The number of nitrogens with one attached hydrogen (secondary N) is 1. The van der Waals surface area contributed by atoms with E-state index in [-0.39, 0.29) is 17.4 Å². The fourth-order valence-corrected chi connectivity index (χ4v) is 3.54. The Morgan fingerprint density at radius 3 is 2.39 bits per heavy atom. The SMILES string of the molecule is CC(c1ccc(C(F)(F)F)cc1C(F)(F)F)n1cc(NC(=O)c2cc(-c3ccccn3)ccn2)cn1. The van der Waals surface area contributed by atoms with Crippen LogP contribution in [-0.4, -0.2) is 25.7 Å². The lowest BCUT2D eigenvalue weighted by Gasteiger charge is -2.20. The van der Waals surface area contributed by atoms with Crippen molar-refractivity contribution in [2.24, 2.45) is 0 Å². The van der Waals surface area contributed by atoms with Crippen LogP contribution in [0.2, 0.25) is 0 Å². The van der Waals surface area contributed by atoms with Crippen LogP contribution < -0.4 is 5.32 Å². The minimum Gasteiger partial charge on any atom is -0.318 e. The normalized spacial score (nSPS) is 12.9. The molecule has 0 radical (unpaired) electrons. The number of amides is 1. The van der Waals surface area contributed by atoms with Gasteiger partial charge in [0.15, 0.2) is 0 Å². The number of aromatic nitrogens is 4. The predicted octanol–water partition coefficient (Wildman–Crippen LogP) is 6.24. The molecule has 0 aliphatic rings. The van der Waals surface area contributed by atoms with Crippen LogP contribution >= 0.6 is 0 Å². The Kier molecular flexibility index (Phi) is 6.53. The molecule has 0 aliphatic carbocycles. The van der Waals surface area contributed by atoms with E-state index in [2.05, 4.69) is 20.4 Å². The summed E-state index contributed by atoms with van der Waals surface area (Å²) in [6.45, 7) is 1.36. The van der Waals surface area contributed by atoms with E-state index in [4.69, 9.17) is 0 Å². The number of alkyl halides is 6. The molecular formula is C24H17F6N5O. The van der Waals surface area contributed by atoms with E-state index < -0.39 is 41.0 Å². The topological polar surface area (TPSA) is 72.7 Å². The van der Waals surface area contributed by atoms with Gasteiger partial charge in [0.2, 0.25) is 0 Å². The summed E-state index contributed by atoms with van der Waals surface area (Å²) < 4.78 is 80.7. The monoisotopic (exact) mass is 505 g/mol. The molecule has 1 N–H and O–H groups in total. The molecule has 0 fully saturated rings. The van der Waals surface area contributed by atoms with Crippen LogP contribution in [0.25, 0.3) is 11.3 Å². The van der Waals surface area contributed by atoms with Crippen LogP contribution in [0.5, 0.6) is 0 Å². The second-order valence-electron chi connectivity index (χ2n) is 7.78. The van der Waals surface area contributed by atoms with Gasteiger partial charge in [0.25, 0.3) is 5.91 Å². The smallest absolute Gasteiger partial charge is 0.318 e. The molecule has 3 aromatic heterocycles. The number of pyridine rings is 2. The number of hydrogen-bond acceptors (Lipinski definition) is 4. The molecule has 0 saturated heterocycles. The maximum absolute atomic E-state index is 13.5. The molecule has 0 saturated carbocycles. The Morgan fingerprint density at radius 2 is 1.72 bits per heavy atom. The van der Waals surface area contributed by atoms with Crippen LogP contribution in [0.15, 0.2) is 73.3 Å². The van der Waals surface area contributed by atoms with Crippen molar-refractivity contribution in [3.8, 4) is 11.3 Å². The number of anilines is 1. The summed E-state index contributed by atoms with van der Waals surface area (Å²) in [7, 11) is 0. The van der Waals surface area contributed by atoms with E-state index in [1.54, 1.807) is 30.5 Å². The number of rotatable bonds is 5. The summed E-state index contributed by atoms with van der Waals surface area (Å²) in [5, 5.41) is 6.54. The molecule has 1 atom stereocenters. The number of halogens is 6. The molecule has 12 heteroatoms. The summed E-state index contributed by atoms with van der Waals surface area (Å²) >= 11 is 0. The zero-order valence-electron chi connectivity index (χ0n) is 18.5. The Morgan fingerprint density at radius 1 is 0.944 bits per heavy atom. The number of carbonyl (C=O) groups is 1. The van der Waals surface area contributed by atoms with Crippen molar-refractivity contribution < 1.29 is 31.1 Å². The molecule has 186 valence electrons. The van der Waals surface area contributed by atoms with Crippen molar-refractivity contribution >= 4 is 11.6 Å². The van der Waals surface area contributed by atoms with Crippen molar-refractivity contribution in [2.75, 3.05) is 5.32 Å². The Bertz CT molecular complexity index is 1380. The van der Waals surface area contributed by atoms with Crippen molar-refractivity contribution in [3.05, 3.63) is 95.7 Å². The lowest BCUT2D eigenvalue weighted by atomic mass is 9.98. The molecule has 0 aliphatic heterocycles. The standard InChI is InChI=1S/C24H17F6N5O/c1-14(18-6-5-16(23(25,26)27)11-19(18)24(28,29)30)35-13-17(12-33-35)34-22(36)21-10-15(7-9-32-21)20-4-2-3-8-31-20/h2-14H,1H3,(H,34,36). The zero-order valence-corrected chi connectivity index (χ0v) is 18.5. The summed E-state index contributed by atoms with van der Waals surface area (Å²) in [5.74, 6) is -0.592. The Labute approximate surface area is 200 Å². The highest BCUT2D eigenvalue weighted by Gasteiger charge is 2.39. The van der Waals surface area contributed by atoms with Gasteiger partial charge in [-0.3, -0.25) is 19.4 Å². The van der Waals surface area contributed by atoms with Crippen LogP contribution in [-0.2, 0) is 12.4 Å². The summed E-state index contributed by atoms with van der Waals surface area (Å²) in [6.07, 6.45) is -4.40. The summed E-state index contributed by atoms with van der Waals surface area (Å²) in [5.41, 5.74) is -1.70. The second kappa shape index (κ2) is 9.44. The molecule has 1 aromatic carbocycles. The van der Waals surface area contributed by atoms with Crippen LogP contribution in [0.3, 0.4) is 0 Å². The third-order valence-corrected chi connectivity index (χ3v) is 5.35. The fraction of sp³-hybridized carbons (Fsp3) is 0.167. The number of hydrogen-bond donors (Lipinski definition) is 1. The van der Waals surface area contributed by atoms with Gasteiger partial charge >= 0.3 is 12.4 Å². The quantitative estimate of drug-likeness (QED) is 0.326. The van der Waals surface area contributed by atoms with E-state index in [0.717, 1.165) is 10.7 Å². The van der Waals surface area contributed by atoms with Crippen LogP contribution in [0, 0.1) is 0 Å². The van der Waals surface area contributed by atoms with Crippen molar-refractivity contribution in [2.45, 2.75) is 25.3 Å². The Balaban J connectivity index is 1.56. The molecule has 3 heterocycles. The first kappa shape index (κ1) is 24.9. The van der Waals surface area contributed by atoms with Gasteiger partial charge in [-0.2, -0.15) is 31.4 Å². The first-order valence-corrected chi connectivity index (χ1v) is 10.4.